The van der Waals surface area contributed by atoms with Gasteiger partial charge in [-0.3, -0.25) is 0 Å². The molecule has 1 aromatic rings. The third-order valence-corrected chi connectivity index (χ3v) is 1.95. The van der Waals surface area contributed by atoms with Crippen molar-refractivity contribution in [3.8, 4) is 0 Å². The second-order valence-corrected chi connectivity index (χ2v) is 2.73. The minimum atomic E-state index is -0.642. The summed E-state index contributed by atoms with van der Waals surface area (Å²) < 4.78 is 17.1. The van der Waals surface area contributed by atoms with Crippen molar-refractivity contribution in [2.45, 2.75) is 27.4 Å². The van der Waals surface area contributed by atoms with Crippen LogP contribution in [0, 0.1) is 6.92 Å². The van der Waals surface area contributed by atoms with Crippen molar-refractivity contribution >= 4 is 5.97 Å². The summed E-state index contributed by atoms with van der Waals surface area (Å²) in [5.74, 6) is -0.489. The van der Waals surface area contributed by atoms with Crippen LogP contribution in [-0.4, -0.2) is 13.1 Å². The maximum Gasteiger partial charge on any atom is 0.338 e. The summed E-state index contributed by atoms with van der Waals surface area (Å²) in [6, 6.07) is 5.04. The van der Waals surface area contributed by atoms with Crippen molar-refractivity contribution in [1.29, 1.82) is 0 Å². The highest BCUT2D eigenvalue weighted by atomic mass is 19.1. The second-order valence-electron chi connectivity index (χ2n) is 2.73. The number of aryl methyl sites for hydroxylation is 1. The van der Waals surface area contributed by atoms with Crippen LogP contribution >= 0.6 is 0 Å². The Balaban J connectivity index is 0.000000921. The molecule has 15 heavy (non-hydrogen) atoms. The summed E-state index contributed by atoms with van der Waals surface area (Å²) in [7, 11) is 1.28. The van der Waals surface area contributed by atoms with Crippen molar-refractivity contribution in [2.24, 2.45) is 0 Å². The Labute approximate surface area is 90.1 Å². The van der Waals surface area contributed by atoms with Gasteiger partial charge in [0.05, 0.1) is 12.7 Å². The molecule has 2 nitrogen and oxygen atoms in total. The largest absolute Gasteiger partial charge is 0.465 e. The molecule has 0 spiro atoms. The predicted octanol–water partition coefficient (Wildman–Crippen LogP) is 3.28. The molecular formula is C12H17FO2. The van der Waals surface area contributed by atoms with E-state index in [0.717, 1.165) is 5.56 Å². The zero-order chi connectivity index (χ0) is 11.8. The van der Waals surface area contributed by atoms with Crippen molar-refractivity contribution in [1.82, 2.24) is 0 Å². The first-order valence-corrected chi connectivity index (χ1v) is 4.93. The van der Waals surface area contributed by atoms with E-state index in [1.807, 2.05) is 13.8 Å². The molecule has 3 heteroatoms. The van der Waals surface area contributed by atoms with E-state index >= 15 is 0 Å². The molecule has 0 fully saturated rings. The molecule has 0 unspecified atom stereocenters. The number of methoxy groups -OCH3 is 1. The van der Waals surface area contributed by atoms with Gasteiger partial charge in [0.1, 0.15) is 6.67 Å². The number of hydrogen-bond donors (Lipinski definition) is 0. The third-order valence-electron chi connectivity index (χ3n) is 1.95. The SMILES string of the molecule is CC.COC(=O)c1cccc(C)c1CF. The monoisotopic (exact) mass is 212 g/mol. The van der Waals surface area contributed by atoms with Gasteiger partial charge in [0.15, 0.2) is 0 Å². The quantitative estimate of drug-likeness (QED) is 0.703. The predicted molar refractivity (Wildman–Crippen MR) is 58.7 cm³/mol. The number of alkyl halides is 1. The molecule has 84 valence electrons. The van der Waals surface area contributed by atoms with E-state index in [1.165, 1.54) is 7.11 Å². The standard InChI is InChI=1S/C10H11FO2.C2H6/c1-7-4-3-5-8(9(7)6-11)10(12)13-2;1-2/h3-5H,6H2,1-2H3;1-2H3. The Morgan fingerprint density at radius 1 is 1.40 bits per heavy atom. The fourth-order valence-corrected chi connectivity index (χ4v) is 1.18. The van der Waals surface area contributed by atoms with Crippen LogP contribution in [0.25, 0.3) is 0 Å². The van der Waals surface area contributed by atoms with Crippen LogP contribution in [0.5, 0.6) is 0 Å². The van der Waals surface area contributed by atoms with E-state index in [0.29, 0.717) is 11.1 Å². The fourth-order valence-electron chi connectivity index (χ4n) is 1.18. The molecule has 0 amide bonds. The summed E-state index contributed by atoms with van der Waals surface area (Å²) in [6.07, 6.45) is 0. The normalized spacial score (nSPS) is 8.87. The molecule has 0 saturated carbocycles. The smallest absolute Gasteiger partial charge is 0.338 e. The number of benzene rings is 1. The summed E-state index contributed by atoms with van der Waals surface area (Å²) in [5, 5.41) is 0. The molecule has 0 aliphatic rings. The summed E-state index contributed by atoms with van der Waals surface area (Å²) >= 11 is 0. The topological polar surface area (TPSA) is 26.3 Å². The van der Waals surface area contributed by atoms with Crippen molar-refractivity contribution < 1.29 is 13.9 Å². The molecule has 0 N–H and O–H groups in total. The third kappa shape index (κ3) is 3.35. The zero-order valence-electron chi connectivity index (χ0n) is 9.63. The zero-order valence-corrected chi connectivity index (χ0v) is 9.63. The highest BCUT2D eigenvalue weighted by Crippen LogP contribution is 2.16. The Kier molecular flexibility index (Phi) is 6.34. The van der Waals surface area contributed by atoms with Crippen molar-refractivity contribution in [3.05, 3.63) is 34.9 Å². The van der Waals surface area contributed by atoms with Gasteiger partial charge in [0.25, 0.3) is 0 Å². The van der Waals surface area contributed by atoms with Crippen LogP contribution in [-0.2, 0) is 11.4 Å². The number of rotatable bonds is 2. The molecule has 0 saturated heterocycles. The van der Waals surface area contributed by atoms with Gasteiger partial charge in [-0.2, -0.15) is 0 Å². The minimum absolute atomic E-state index is 0.310. The van der Waals surface area contributed by atoms with Crippen LogP contribution in [0.3, 0.4) is 0 Å². The summed E-state index contributed by atoms with van der Waals surface area (Å²) in [6.45, 7) is 5.12. The lowest BCUT2D eigenvalue weighted by Gasteiger charge is -2.06. The minimum Gasteiger partial charge on any atom is -0.465 e. The molecule has 0 radical (unpaired) electrons. The maximum atomic E-state index is 12.5. The Morgan fingerprint density at radius 2 is 2.00 bits per heavy atom. The molecule has 1 aromatic carbocycles. The lowest BCUT2D eigenvalue weighted by atomic mass is 10.0. The molecule has 0 bridgehead atoms. The van der Waals surface area contributed by atoms with Gasteiger partial charge in [-0.25, -0.2) is 9.18 Å². The Hall–Kier alpha value is -1.38. The van der Waals surface area contributed by atoms with Crippen molar-refractivity contribution in [3.63, 3.8) is 0 Å². The van der Waals surface area contributed by atoms with Crippen LogP contribution in [0.1, 0.15) is 35.3 Å². The molecule has 1 rings (SSSR count). The number of esters is 1. The molecule has 0 atom stereocenters. The van der Waals surface area contributed by atoms with Crippen LogP contribution in [0.4, 0.5) is 4.39 Å². The van der Waals surface area contributed by atoms with Gasteiger partial charge in [-0.1, -0.05) is 26.0 Å². The summed E-state index contributed by atoms with van der Waals surface area (Å²) in [5.41, 5.74) is 1.49. The maximum absolute atomic E-state index is 12.5. The van der Waals surface area contributed by atoms with E-state index in [9.17, 15) is 9.18 Å². The van der Waals surface area contributed by atoms with E-state index < -0.39 is 12.6 Å². The van der Waals surface area contributed by atoms with Gasteiger partial charge in [0, 0.05) is 5.56 Å². The van der Waals surface area contributed by atoms with E-state index in [2.05, 4.69) is 4.74 Å². The average Bonchev–Trinajstić information content (AvgIpc) is 2.30. The average molecular weight is 212 g/mol. The molecular weight excluding hydrogens is 195 g/mol. The van der Waals surface area contributed by atoms with Gasteiger partial charge in [-0.15, -0.1) is 0 Å². The Bertz CT molecular complexity index is 321. The van der Waals surface area contributed by atoms with Gasteiger partial charge >= 0.3 is 5.97 Å². The fraction of sp³-hybridized carbons (Fsp3) is 0.417. The molecule has 0 aromatic heterocycles. The van der Waals surface area contributed by atoms with Crippen LogP contribution < -0.4 is 0 Å². The first-order chi connectivity index (χ1) is 7.20. The number of carbonyl (C=O) groups is 1. The van der Waals surface area contributed by atoms with Gasteiger partial charge in [-0.05, 0) is 18.6 Å². The highest BCUT2D eigenvalue weighted by Gasteiger charge is 2.12. The first-order valence-electron chi connectivity index (χ1n) is 4.93. The number of carbonyl (C=O) groups excluding carboxylic acids is 1. The Morgan fingerprint density at radius 3 is 2.47 bits per heavy atom. The molecule has 0 heterocycles. The molecule has 0 aliphatic heterocycles. The van der Waals surface area contributed by atoms with Crippen LogP contribution in [0.15, 0.2) is 18.2 Å². The summed E-state index contributed by atoms with van der Waals surface area (Å²) in [4.78, 5) is 11.2. The number of ether oxygens (including phenoxy) is 1. The van der Waals surface area contributed by atoms with Crippen LogP contribution in [0.2, 0.25) is 0 Å². The first kappa shape index (κ1) is 13.6. The van der Waals surface area contributed by atoms with E-state index in [-0.39, 0.29) is 0 Å². The highest BCUT2D eigenvalue weighted by molar-refractivity contribution is 5.91. The second kappa shape index (κ2) is 6.98. The van der Waals surface area contributed by atoms with Gasteiger partial charge in [0.2, 0.25) is 0 Å². The van der Waals surface area contributed by atoms with E-state index in [4.69, 9.17) is 0 Å². The number of halogens is 1. The molecule has 0 aliphatic carbocycles. The lowest BCUT2D eigenvalue weighted by Crippen LogP contribution is -2.06. The lowest BCUT2D eigenvalue weighted by molar-refractivity contribution is 0.0598. The van der Waals surface area contributed by atoms with E-state index in [1.54, 1.807) is 25.1 Å². The number of hydrogen-bond acceptors (Lipinski definition) is 2. The van der Waals surface area contributed by atoms with Crippen molar-refractivity contribution in [2.75, 3.05) is 7.11 Å². The van der Waals surface area contributed by atoms with Gasteiger partial charge < -0.3 is 4.74 Å².